The maximum absolute atomic E-state index is 13.1. The van der Waals surface area contributed by atoms with Gasteiger partial charge in [0, 0.05) is 37.7 Å². The van der Waals surface area contributed by atoms with Gasteiger partial charge in [-0.1, -0.05) is 24.3 Å². The van der Waals surface area contributed by atoms with Crippen LogP contribution in [0, 0.1) is 12.8 Å². The predicted molar refractivity (Wildman–Crippen MR) is 126 cm³/mol. The van der Waals surface area contributed by atoms with Crippen molar-refractivity contribution >= 4 is 17.8 Å². The molecule has 1 aliphatic carbocycles. The third-order valence-corrected chi connectivity index (χ3v) is 6.53. The number of likely N-dealkylation sites (tertiary alicyclic amines) is 1. The van der Waals surface area contributed by atoms with Gasteiger partial charge in [0.15, 0.2) is 0 Å². The number of hydrogen-bond donors (Lipinski definition) is 1. The Bertz CT molecular complexity index is 1100. The standard InChI is InChI=1S/C26H30N4O4/c1-17-27-16-22(24(31)28-15-18-6-5-9-21(14-18)26(33)34-2)23(29-17)19-10-12-30(13-11-19)25(32)20-7-3-4-8-20/h3-6,9,14,16,19-20H,7-8,10-13,15H2,1-2H3,(H,28,31). The van der Waals surface area contributed by atoms with Gasteiger partial charge in [-0.15, -0.1) is 0 Å². The lowest BCUT2D eigenvalue weighted by atomic mass is 9.89. The zero-order valence-corrected chi connectivity index (χ0v) is 19.6. The van der Waals surface area contributed by atoms with Crippen molar-refractivity contribution in [3.05, 3.63) is 70.8 Å². The third-order valence-electron chi connectivity index (χ3n) is 6.53. The molecular weight excluding hydrogens is 432 g/mol. The fourth-order valence-electron chi connectivity index (χ4n) is 4.63. The van der Waals surface area contributed by atoms with Gasteiger partial charge in [-0.05, 0) is 50.3 Å². The molecule has 2 amide bonds. The van der Waals surface area contributed by atoms with Crippen molar-refractivity contribution in [1.82, 2.24) is 20.2 Å². The lowest BCUT2D eigenvalue weighted by molar-refractivity contribution is -0.136. The van der Waals surface area contributed by atoms with Crippen LogP contribution < -0.4 is 5.32 Å². The van der Waals surface area contributed by atoms with Crippen molar-refractivity contribution in [3.63, 3.8) is 0 Å². The summed E-state index contributed by atoms with van der Waals surface area (Å²) in [5.41, 5.74) is 2.42. The molecule has 2 aromatic rings. The molecule has 1 saturated heterocycles. The van der Waals surface area contributed by atoms with E-state index in [4.69, 9.17) is 4.74 Å². The van der Waals surface area contributed by atoms with E-state index in [1.165, 1.54) is 7.11 Å². The summed E-state index contributed by atoms with van der Waals surface area (Å²) in [6, 6.07) is 6.96. The highest BCUT2D eigenvalue weighted by molar-refractivity contribution is 5.95. The highest BCUT2D eigenvalue weighted by Crippen LogP contribution is 2.31. The number of rotatable bonds is 6. The summed E-state index contributed by atoms with van der Waals surface area (Å²) < 4.78 is 4.76. The van der Waals surface area contributed by atoms with Crippen LogP contribution in [0.4, 0.5) is 0 Å². The van der Waals surface area contributed by atoms with Gasteiger partial charge in [0.2, 0.25) is 5.91 Å². The van der Waals surface area contributed by atoms with Crippen LogP contribution in [-0.4, -0.2) is 52.9 Å². The molecule has 178 valence electrons. The van der Waals surface area contributed by atoms with Crippen LogP contribution in [0.1, 0.15) is 69.4 Å². The molecule has 1 aliphatic heterocycles. The molecule has 1 N–H and O–H groups in total. The smallest absolute Gasteiger partial charge is 0.337 e. The van der Waals surface area contributed by atoms with E-state index in [2.05, 4.69) is 27.4 Å². The predicted octanol–water partition coefficient (Wildman–Crippen LogP) is 3.17. The Morgan fingerprint density at radius 2 is 1.88 bits per heavy atom. The summed E-state index contributed by atoms with van der Waals surface area (Å²) in [4.78, 5) is 48.4. The first kappa shape index (κ1) is 23.6. The van der Waals surface area contributed by atoms with Gasteiger partial charge in [0.05, 0.1) is 23.9 Å². The molecule has 0 spiro atoms. The number of aromatic nitrogens is 2. The summed E-state index contributed by atoms with van der Waals surface area (Å²) in [6.45, 7) is 3.42. The molecule has 0 atom stereocenters. The van der Waals surface area contributed by atoms with Crippen molar-refractivity contribution in [1.29, 1.82) is 0 Å². The molecule has 8 heteroatoms. The molecule has 1 fully saturated rings. The van der Waals surface area contributed by atoms with E-state index >= 15 is 0 Å². The van der Waals surface area contributed by atoms with Crippen LogP contribution in [0.25, 0.3) is 0 Å². The van der Waals surface area contributed by atoms with Crippen LogP contribution in [0.2, 0.25) is 0 Å². The minimum Gasteiger partial charge on any atom is -0.465 e. The van der Waals surface area contributed by atoms with Crippen LogP contribution >= 0.6 is 0 Å². The minimum absolute atomic E-state index is 0.0804. The summed E-state index contributed by atoms with van der Waals surface area (Å²) >= 11 is 0. The quantitative estimate of drug-likeness (QED) is 0.523. The topological polar surface area (TPSA) is 101 Å². The van der Waals surface area contributed by atoms with E-state index in [1.807, 2.05) is 17.9 Å². The molecule has 1 aromatic carbocycles. The van der Waals surface area contributed by atoms with Crippen molar-refractivity contribution in [2.24, 2.45) is 5.92 Å². The van der Waals surface area contributed by atoms with E-state index in [0.29, 0.717) is 30.0 Å². The maximum atomic E-state index is 13.1. The first-order valence-electron chi connectivity index (χ1n) is 11.7. The molecular formula is C26H30N4O4. The Hall–Kier alpha value is -3.55. The number of aryl methyl sites for hydroxylation is 1. The maximum Gasteiger partial charge on any atom is 0.337 e. The zero-order valence-electron chi connectivity index (χ0n) is 19.6. The molecule has 0 bridgehead atoms. The average molecular weight is 463 g/mol. The molecule has 34 heavy (non-hydrogen) atoms. The molecule has 4 rings (SSSR count). The molecule has 0 radical (unpaired) electrons. The number of piperidine rings is 1. The Morgan fingerprint density at radius 3 is 2.59 bits per heavy atom. The van der Waals surface area contributed by atoms with Gasteiger partial charge in [-0.3, -0.25) is 9.59 Å². The highest BCUT2D eigenvalue weighted by Gasteiger charge is 2.31. The molecule has 1 aromatic heterocycles. The number of carbonyl (C=O) groups excluding carboxylic acids is 3. The normalized spacial score (nSPS) is 16.5. The van der Waals surface area contributed by atoms with Crippen LogP contribution in [0.5, 0.6) is 0 Å². The molecule has 0 saturated carbocycles. The third kappa shape index (κ3) is 5.32. The number of esters is 1. The van der Waals surface area contributed by atoms with E-state index < -0.39 is 5.97 Å². The van der Waals surface area contributed by atoms with Crippen molar-refractivity contribution in [2.75, 3.05) is 20.2 Å². The summed E-state index contributed by atoms with van der Waals surface area (Å²) in [5.74, 6) is 0.348. The van der Waals surface area contributed by atoms with Crippen LogP contribution in [-0.2, 0) is 16.1 Å². The Balaban J connectivity index is 1.41. The van der Waals surface area contributed by atoms with Crippen LogP contribution in [0.3, 0.4) is 0 Å². The zero-order chi connectivity index (χ0) is 24.1. The molecule has 8 nitrogen and oxygen atoms in total. The number of hydrogen-bond acceptors (Lipinski definition) is 6. The Labute approximate surface area is 199 Å². The highest BCUT2D eigenvalue weighted by atomic mass is 16.5. The summed E-state index contributed by atoms with van der Waals surface area (Å²) in [5, 5.41) is 2.92. The molecule has 0 unspecified atom stereocenters. The number of methoxy groups -OCH3 is 1. The van der Waals surface area contributed by atoms with E-state index in [-0.39, 0.29) is 30.2 Å². The van der Waals surface area contributed by atoms with E-state index in [9.17, 15) is 14.4 Å². The first-order chi connectivity index (χ1) is 16.5. The van der Waals surface area contributed by atoms with Gasteiger partial charge >= 0.3 is 5.97 Å². The number of ether oxygens (including phenoxy) is 1. The fourth-order valence-corrected chi connectivity index (χ4v) is 4.63. The second-order valence-electron chi connectivity index (χ2n) is 8.83. The number of allylic oxidation sites excluding steroid dienone is 2. The molecule has 2 heterocycles. The second-order valence-corrected chi connectivity index (χ2v) is 8.83. The molecule has 2 aliphatic rings. The van der Waals surface area contributed by atoms with E-state index in [0.717, 1.165) is 36.9 Å². The van der Waals surface area contributed by atoms with Gasteiger partial charge in [0.1, 0.15) is 5.82 Å². The van der Waals surface area contributed by atoms with Crippen molar-refractivity contribution in [2.45, 2.75) is 45.1 Å². The largest absolute Gasteiger partial charge is 0.465 e. The Kier molecular flexibility index (Phi) is 7.35. The number of nitrogens with one attached hydrogen (secondary N) is 1. The van der Waals surface area contributed by atoms with Gasteiger partial charge in [-0.2, -0.15) is 0 Å². The van der Waals surface area contributed by atoms with E-state index in [1.54, 1.807) is 24.4 Å². The van der Waals surface area contributed by atoms with Crippen molar-refractivity contribution in [3.8, 4) is 0 Å². The Morgan fingerprint density at radius 1 is 1.15 bits per heavy atom. The van der Waals surface area contributed by atoms with Gasteiger partial charge in [0.25, 0.3) is 5.91 Å². The fraction of sp³-hybridized carbons (Fsp3) is 0.423. The number of amides is 2. The summed E-state index contributed by atoms with van der Waals surface area (Å²) in [6.07, 6.45) is 8.94. The minimum atomic E-state index is -0.420. The van der Waals surface area contributed by atoms with Crippen LogP contribution in [0.15, 0.2) is 42.6 Å². The monoisotopic (exact) mass is 462 g/mol. The van der Waals surface area contributed by atoms with Gasteiger partial charge in [-0.25, -0.2) is 14.8 Å². The van der Waals surface area contributed by atoms with Gasteiger partial charge < -0.3 is 15.0 Å². The second kappa shape index (κ2) is 10.6. The lowest BCUT2D eigenvalue weighted by Crippen LogP contribution is -2.41. The number of benzene rings is 1. The van der Waals surface area contributed by atoms with Crippen molar-refractivity contribution < 1.29 is 19.1 Å². The number of nitrogens with zero attached hydrogens (tertiary/aromatic N) is 3. The average Bonchev–Trinajstić information content (AvgIpc) is 3.41. The first-order valence-corrected chi connectivity index (χ1v) is 11.7. The SMILES string of the molecule is COC(=O)c1cccc(CNC(=O)c2cnc(C)nc2C2CCN(C(=O)C3CC=CC3)CC2)c1. The number of carbonyl (C=O) groups is 3. The lowest BCUT2D eigenvalue weighted by Gasteiger charge is -2.34. The summed E-state index contributed by atoms with van der Waals surface area (Å²) in [7, 11) is 1.34.